The summed E-state index contributed by atoms with van der Waals surface area (Å²) in [5.74, 6) is 0.430. The van der Waals surface area contributed by atoms with Crippen molar-refractivity contribution in [1.82, 2.24) is 5.32 Å². The highest BCUT2D eigenvalue weighted by atomic mass is 19.1. The molecule has 2 aliphatic rings. The van der Waals surface area contributed by atoms with E-state index in [0.717, 1.165) is 6.61 Å². The highest BCUT2D eigenvalue weighted by Crippen LogP contribution is 2.33. The maximum absolute atomic E-state index is 13.9. The first kappa shape index (κ1) is 13.1. The molecule has 1 aliphatic heterocycles. The zero-order valence-electron chi connectivity index (χ0n) is 11.4. The summed E-state index contributed by atoms with van der Waals surface area (Å²) < 4.78 is 20.0. The predicted octanol–water partition coefficient (Wildman–Crippen LogP) is 3.43. The normalized spacial score (nSPS) is 35.5. The first-order valence-corrected chi connectivity index (χ1v) is 7.38. The lowest BCUT2D eigenvalue weighted by Crippen LogP contribution is -2.43. The van der Waals surface area contributed by atoms with Crippen molar-refractivity contribution < 1.29 is 9.13 Å². The monoisotopic (exact) mass is 263 g/mol. The smallest absolute Gasteiger partial charge is 0.129 e. The van der Waals surface area contributed by atoms with Gasteiger partial charge >= 0.3 is 0 Å². The molecule has 2 nitrogen and oxygen atoms in total. The Bertz CT molecular complexity index is 437. The predicted molar refractivity (Wildman–Crippen MR) is 73.4 cm³/mol. The third-order valence-corrected chi connectivity index (χ3v) is 4.54. The Hall–Kier alpha value is -0.930. The van der Waals surface area contributed by atoms with Crippen molar-refractivity contribution in [2.75, 3.05) is 6.61 Å². The van der Waals surface area contributed by atoms with Crippen molar-refractivity contribution >= 4 is 0 Å². The lowest BCUT2D eigenvalue weighted by Gasteiger charge is -2.30. The van der Waals surface area contributed by atoms with Gasteiger partial charge < -0.3 is 10.1 Å². The summed E-state index contributed by atoms with van der Waals surface area (Å²) in [4.78, 5) is 0. The molecular formula is C16H22FNO. The third kappa shape index (κ3) is 2.67. The second-order valence-electron chi connectivity index (χ2n) is 5.88. The molecule has 1 saturated carbocycles. The Morgan fingerprint density at radius 2 is 2.00 bits per heavy atom. The summed E-state index contributed by atoms with van der Waals surface area (Å²) in [6, 6.07) is 7.67. The number of ether oxygens (including phenoxy) is 1. The van der Waals surface area contributed by atoms with Gasteiger partial charge in [-0.05, 0) is 31.7 Å². The average molecular weight is 263 g/mol. The van der Waals surface area contributed by atoms with Crippen molar-refractivity contribution in [2.24, 2.45) is 5.92 Å². The van der Waals surface area contributed by atoms with E-state index < -0.39 is 0 Å². The molecule has 1 aliphatic carbocycles. The molecule has 4 atom stereocenters. The third-order valence-electron chi connectivity index (χ3n) is 4.54. The molecule has 1 aromatic rings. The molecule has 4 unspecified atom stereocenters. The Balaban J connectivity index is 1.81. The van der Waals surface area contributed by atoms with Gasteiger partial charge in [0.2, 0.25) is 0 Å². The van der Waals surface area contributed by atoms with Gasteiger partial charge in [0.1, 0.15) is 11.9 Å². The van der Waals surface area contributed by atoms with Gasteiger partial charge in [0.25, 0.3) is 0 Å². The summed E-state index contributed by atoms with van der Waals surface area (Å²) >= 11 is 0. The van der Waals surface area contributed by atoms with E-state index in [1.807, 2.05) is 12.1 Å². The lowest BCUT2D eigenvalue weighted by atomic mass is 9.85. The van der Waals surface area contributed by atoms with E-state index in [1.54, 1.807) is 6.07 Å². The van der Waals surface area contributed by atoms with E-state index in [0.29, 0.717) is 17.5 Å². The molecule has 1 aromatic carbocycles. The Morgan fingerprint density at radius 3 is 2.84 bits per heavy atom. The van der Waals surface area contributed by atoms with E-state index in [2.05, 4.69) is 12.2 Å². The summed E-state index contributed by atoms with van der Waals surface area (Å²) in [7, 11) is 0. The van der Waals surface area contributed by atoms with Crippen LogP contribution < -0.4 is 5.32 Å². The summed E-state index contributed by atoms with van der Waals surface area (Å²) in [5, 5.41) is 3.66. The second-order valence-corrected chi connectivity index (χ2v) is 5.88. The lowest BCUT2D eigenvalue weighted by molar-refractivity contribution is 0.0243. The number of halogens is 1. The van der Waals surface area contributed by atoms with Gasteiger partial charge in [-0.2, -0.15) is 0 Å². The molecule has 104 valence electrons. The van der Waals surface area contributed by atoms with Crippen molar-refractivity contribution in [3.05, 3.63) is 35.6 Å². The molecule has 3 heteroatoms. The highest BCUT2D eigenvalue weighted by molar-refractivity contribution is 5.21. The van der Waals surface area contributed by atoms with Gasteiger partial charge in [-0.25, -0.2) is 4.39 Å². The van der Waals surface area contributed by atoms with Gasteiger partial charge in [-0.1, -0.05) is 31.0 Å². The van der Waals surface area contributed by atoms with Crippen molar-refractivity contribution in [1.29, 1.82) is 0 Å². The highest BCUT2D eigenvalue weighted by Gasteiger charge is 2.34. The number of nitrogens with one attached hydrogen (secondary N) is 1. The fourth-order valence-electron chi connectivity index (χ4n) is 3.49. The Kier molecular flexibility index (Phi) is 3.85. The van der Waals surface area contributed by atoms with Crippen molar-refractivity contribution in [3.63, 3.8) is 0 Å². The van der Waals surface area contributed by atoms with Crippen LogP contribution in [0.3, 0.4) is 0 Å². The average Bonchev–Trinajstić information content (AvgIpc) is 2.58. The molecule has 2 fully saturated rings. The van der Waals surface area contributed by atoms with Crippen LogP contribution in [0.2, 0.25) is 0 Å². The molecular weight excluding hydrogens is 241 g/mol. The van der Waals surface area contributed by atoms with Crippen molar-refractivity contribution in [3.8, 4) is 0 Å². The first-order chi connectivity index (χ1) is 9.25. The van der Waals surface area contributed by atoms with Gasteiger partial charge in [-0.15, -0.1) is 0 Å². The molecule has 0 radical (unpaired) electrons. The van der Waals surface area contributed by atoms with Crippen molar-refractivity contribution in [2.45, 2.75) is 50.8 Å². The zero-order chi connectivity index (χ0) is 13.2. The van der Waals surface area contributed by atoms with Crippen LogP contribution in [-0.2, 0) is 4.74 Å². The van der Waals surface area contributed by atoms with Crippen LogP contribution >= 0.6 is 0 Å². The number of fused-ring (bicyclic) bond motifs is 1. The molecule has 1 N–H and O–H groups in total. The maximum atomic E-state index is 13.9. The van der Waals surface area contributed by atoms with Crippen LogP contribution in [0.25, 0.3) is 0 Å². The largest absolute Gasteiger partial charge is 0.371 e. The van der Waals surface area contributed by atoms with Gasteiger partial charge in [0, 0.05) is 17.6 Å². The van der Waals surface area contributed by atoms with Crippen LogP contribution in [0, 0.1) is 11.7 Å². The minimum absolute atomic E-state index is 0.157. The zero-order valence-corrected chi connectivity index (χ0v) is 11.4. The molecule has 1 heterocycles. The van der Waals surface area contributed by atoms with Gasteiger partial charge in [-0.3, -0.25) is 0 Å². The maximum Gasteiger partial charge on any atom is 0.129 e. The van der Waals surface area contributed by atoms with Crippen LogP contribution in [0.15, 0.2) is 24.3 Å². The summed E-state index contributed by atoms with van der Waals surface area (Å²) in [6.45, 7) is 2.86. The fourth-order valence-corrected chi connectivity index (χ4v) is 3.49. The number of rotatable bonds is 1. The molecule has 0 amide bonds. The van der Waals surface area contributed by atoms with E-state index in [4.69, 9.17) is 4.74 Å². The van der Waals surface area contributed by atoms with Crippen LogP contribution in [-0.4, -0.2) is 18.7 Å². The first-order valence-electron chi connectivity index (χ1n) is 7.38. The topological polar surface area (TPSA) is 21.3 Å². The summed E-state index contributed by atoms with van der Waals surface area (Å²) in [5.41, 5.74) is 0.682. The number of benzene rings is 1. The number of hydrogen-bond acceptors (Lipinski definition) is 2. The van der Waals surface area contributed by atoms with Gasteiger partial charge in [0.15, 0.2) is 0 Å². The quantitative estimate of drug-likeness (QED) is 0.838. The Morgan fingerprint density at radius 1 is 1.21 bits per heavy atom. The van der Waals surface area contributed by atoms with Crippen LogP contribution in [0.4, 0.5) is 4.39 Å². The minimum Gasteiger partial charge on any atom is -0.371 e. The standard InChI is InChI=1S/C16H22FNO/c1-11-16(13-7-3-4-8-14(13)17)19-10-12-6-2-5-9-15(12)18-11/h3-4,7-8,11-12,15-16,18H,2,5-6,9-10H2,1H3. The fraction of sp³-hybridized carbons (Fsp3) is 0.625. The summed E-state index contributed by atoms with van der Waals surface area (Å²) in [6.07, 6.45) is 4.87. The second kappa shape index (κ2) is 5.59. The van der Waals surface area contributed by atoms with E-state index in [-0.39, 0.29) is 18.0 Å². The minimum atomic E-state index is -0.174. The molecule has 3 rings (SSSR count). The number of hydrogen-bond donors (Lipinski definition) is 1. The van der Waals surface area contributed by atoms with E-state index in [1.165, 1.54) is 31.7 Å². The van der Waals surface area contributed by atoms with Gasteiger partial charge in [0.05, 0.1) is 6.61 Å². The molecule has 0 aromatic heterocycles. The molecule has 1 saturated heterocycles. The SMILES string of the molecule is CC1NC2CCCCC2COC1c1ccccc1F. The molecule has 0 bridgehead atoms. The Labute approximate surface area is 114 Å². The van der Waals surface area contributed by atoms with Crippen LogP contribution in [0.1, 0.15) is 44.3 Å². The van der Waals surface area contributed by atoms with E-state index >= 15 is 0 Å². The molecule has 0 spiro atoms. The molecule has 19 heavy (non-hydrogen) atoms. The van der Waals surface area contributed by atoms with Crippen LogP contribution in [0.5, 0.6) is 0 Å². The van der Waals surface area contributed by atoms with E-state index in [9.17, 15) is 4.39 Å².